The molecule has 2 rings (SSSR count). The SMILES string of the molecule is CCCN(C(=O)CCCOc1ccccc1F)C1CCNCC1.Cl. The maximum Gasteiger partial charge on any atom is 0.222 e. The predicted molar refractivity (Wildman–Crippen MR) is 96.3 cm³/mol. The number of hydrogen-bond donors (Lipinski definition) is 1. The molecule has 0 radical (unpaired) electrons. The van der Waals surface area contributed by atoms with Crippen LogP contribution >= 0.6 is 12.4 Å². The van der Waals surface area contributed by atoms with E-state index in [2.05, 4.69) is 12.2 Å². The number of carbonyl (C=O) groups is 1. The van der Waals surface area contributed by atoms with E-state index in [9.17, 15) is 9.18 Å². The van der Waals surface area contributed by atoms with E-state index in [1.165, 1.54) is 6.07 Å². The summed E-state index contributed by atoms with van der Waals surface area (Å²) in [4.78, 5) is 14.5. The minimum Gasteiger partial charge on any atom is -0.491 e. The van der Waals surface area contributed by atoms with Gasteiger partial charge in [0.05, 0.1) is 6.61 Å². The fourth-order valence-electron chi connectivity index (χ4n) is 2.98. The second-order valence-electron chi connectivity index (χ2n) is 5.95. The molecule has 24 heavy (non-hydrogen) atoms. The van der Waals surface area contributed by atoms with E-state index < -0.39 is 0 Å². The summed E-state index contributed by atoms with van der Waals surface area (Å²) in [5.74, 6) is 0.0840. The Bertz CT molecular complexity index is 496. The van der Waals surface area contributed by atoms with Gasteiger partial charge in [0.15, 0.2) is 11.6 Å². The van der Waals surface area contributed by atoms with Crippen molar-refractivity contribution in [3.63, 3.8) is 0 Å². The van der Waals surface area contributed by atoms with Crippen LogP contribution in [0, 0.1) is 5.82 Å². The molecule has 0 unspecified atom stereocenters. The van der Waals surface area contributed by atoms with Gasteiger partial charge in [-0.05, 0) is 50.9 Å². The minimum atomic E-state index is -0.360. The molecule has 1 heterocycles. The minimum absolute atomic E-state index is 0. The molecule has 1 aliphatic heterocycles. The lowest BCUT2D eigenvalue weighted by Crippen LogP contribution is -2.46. The van der Waals surface area contributed by atoms with Crippen molar-refractivity contribution in [3.8, 4) is 5.75 Å². The average molecular weight is 359 g/mol. The molecule has 1 saturated heterocycles. The van der Waals surface area contributed by atoms with Crippen molar-refractivity contribution in [1.29, 1.82) is 0 Å². The Morgan fingerprint density at radius 3 is 2.71 bits per heavy atom. The molecule has 0 atom stereocenters. The average Bonchev–Trinajstić information content (AvgIpc) is 2.58. The third kappa shape index (κ3) is 6.29. The van der Waals surface area contributed by atoms with Crippen LogP contribution in [0.25, 0.3) is 0 Å². The van der Waals surface area contributed by atoms with Crippen LogP contribution in [-0.4, -0.2) is 43.1 Å². The lowest BCUT2D eigenvalue weighted by molar-refractivity contribution is -0.134. The molecule has 0 saturated carbocycles. The maximum absolute atomic E-state index is 13.4. The quantitative estimate of drug-likeness (QED) is 0.724. The van der Waals surface area contributed by atoms with Crippen molar-refractivity contribution in [2.45, 2.75) is 45.1 Å². The normalized spacial score (nSPS) is 14.8. The van der Waals surface area contributed by atoms with E-state index in [-0.39, 0.29) is 29.9 Å². The first-order chi connectivity index (χ1) is 11.2. The third-order valence-corrected chi connectivity index (χ3v) is 4.16. The second kappa shape index (κ2) is 11.3. The number of hydrogen-bond acceptors (Lipinski definition) is 3. The van der Waals surface area contributed by atoms with E-state index in [0.717, 1.165) is 38.9 Å². The van der Waals surface area contributed by atoms with Crippen molar-refractivity contribution < 1.29 is 13.9 Å². The molecule has 1 amide bonds. The molecular formula is C18H28ClFN2O2. The molecule has 6 heteroatoms. The van der Waals surface area contributed by atoms with Gasteiger partial charge in [-0.3, -0.25) is 4.79 Å². The van der Waals surface area contributed by atoms with E-state index in [1.54, 1.807) is 18.2 Å². The van der Waals surface area contributed by atoms with Crippen molar-refractivity contribution >= 4 is 18.3 Å². The first-order valence-corrected chi connectivity index (χ1v) is 8.60. The van der Waals surface area contributed by atoms with Crippen molar-refractivity contribution in [2.24, 2.45) is 0 Å². The van der Waals surface area contributed by atoms with Crippen molar-refractivity contribution in [2.75, 3.05) is 26.2 Å². The van der Waals surface area contributed by atoms with Gasteiger partial charge in [0, 0.05) is 19.0 Å². The number of nitrogens with zero attached hydrogens (tertiary/aromatic N) is 1. The highest BCUT2D eigenvalue weighted by Gasteiger charge is 2.24. The van der Waals surface area contributed by atoms with Crippen molar-refractivity contribution in [1.82, 2.24) is 10.2 Å². The van der Waals surface area contributed by atoms with Crippen LogP contribution in [-0.2, 0) is 4.79 Å². The standard InChI is InChI=1S/C18H27FN2O2.ClH/c1-2-13-21(15-9-11-20-12-10-15)18(22)8-5-14-23-17-7-4-3-6-16(17)19;/h3-4,6-7,15,20H,2,5,8-14H2,1H3;1H. The lowest BCUT2D eigenvalue weighted by Gasteiger charge is -2.34. The molecule has 1 aromatic carbocycles. The van der Waals surface area contributed by atoms with Gasteiger partial charge >= 0.3 is 0 Å². The van der Waals surface area contributed by atoms with Crippen LogP contribution in [0.4, 0.5) is 4.39 Å². The van der Waals surface area contributed by atoms with Crippen LogP contribution < -0.4 is 10.1 Å². The zero-order valence-corrected chi connectivity index (χ0v) is 15.1. The number of rotatable bonds is 8. The van der Waals surface area contributed by atoms with Crippen molar-refractivity contribution in [3.05, 3.63) is 30.1 Å². The van der Waals surface area contributed by atoms with Crippen LogP contribution in [0.5, 0.6) is 5.75 Å². The Morgan fingerprint density at radius 1 is 1.33 bits per heavy atom. The van der Waals surface area contributed by atoms with Crippen LogP contribution in [0.3, 0.4) is 0 Å². The summed E-state index contributed by atoms with van der Waals surface area (Å²) in [6, 6.07) is 6.71. The van der Waals surface area contributed by atoms with Gasteiger partial charge in [0.2, 0.25) is 5.91 Å². The smallest absolute Gasteiger partial charge is 0.222 e. The topological polar surface area (TPSA) is 41.6 Å². The summed E-state index contributed by atoms with van der Waals surface area (Å²) in [6.45, 7) is 5.24. The molecule has 0 spiro atoms. The number of benzene rings is 1. The number of ether oxygens (including phenoxy) is 1. The Labute approximate surface area is 150 Å². The summed E-state index contributed by atoms with van der Waals surface area (Å²) in [5, 5.41) is 3.33. The van der Waals surface area contributed by atoms with Gasteiger partial charge in [0.1, 0.15) is 0 Å². The highest BCUT2D eigenvalue weighted by molar-refractivity contribution is 5.85. The molecular weight excluding hydrogens is 331 g/mol. The summed E-state index contributed by atoms with van der Waals surface area (Å²) in [5.41, 5.74) is 0. The number of carbonyl (C=O) groups excluding carboxylic acids is 1. The fourth-order valence-corrected chi connectivity index (χ4v) is 2.98. The summed E-state index contributed by atoms with van der Waals surface area (Å²) >= 11 is 0. The van der Waals surface area contributed by atoms with E-state index in [1.807, 2.05) is 4.90 Å². The third-order valence-electron chi connectivity index (χ3n) is 4.16. The van der Waals surface area contributed by atoms with Gasteiger partial charge in [-0.15, -0.1) is 12.4 Å². The zero-order valence-electron chi connectivity index (χ0n) is 14.3. The zero-order chi connectivity index (χ0) is 16.5. The number of halogens is 2. The van der Waals surface area contributed by atoms with Crippen LogP contribution in [0.15, 0.2) is 24.3 Å². The summed E-state index contributed by atoms with van der Waals surface area (Å²) < 4.78 is 18.9. The first kappa shape index (κ1) is 20.7. The first-order valence-electron chi connectivity index (χ1n) is 8.60. The molecule has 136 valence electrons. The van der Waals surface area contributed by atoms with E-state index >= 15 is 0 Å². The van der Waals surface area contributed by atoms with E-state index in [0.29, 0.717) is 25.5 Å². The summed E-state index contributed by atoms with van der Waals surface area (Å²) in [7, 11) is 0. The monoisotopic (exact) mass is 358 g/mol. The van der Waals surface area contributed by atoms with Crippen LogP contribution in [0.1, 0.15) is 39.0 Å². The fraction of sp³-hybridized carbons (Fsp3) is 0.611. The highest BCUT2D eigenvalue weighted by atomic mass is 35.5. The molecule has 0 bridgehead atoms. The maximum atomic E-state index is 13.4. The number of amides is 1. The number of piperidine rings is 1. The summed E-state index contributed by atoms with van der Waals surface area (Å²) in [6.07, 6.45) is 4.09. The Balaban J connectivity index is 0.00000288. The van der Waals surface area contributed by atoms with Gasteiger partial charge in [0.25, 0.3) is 0 Å². The number of para-hydroxylation sites is 1. The van der Waals surface area contributed by atoms with E-state index in [4.69, 9.17) is 4.74 Å². The lowest BCUT2D eigenvalue weighted by atomic mass is 10.0. The van der Waals surface area contributed by atoms with Gasteiger partial charge in [-0.2, -0.15) is 0 Å². The molecule has 0 aromatic heterocycles. The van der Waals surface area contributed by atoms with Gasteiger partial charge in [-0.25, -0.2) is 4.39 Å². The largest absolute Gasteiger partial charge is 0.491 e. The Morgan fingerprint density at radius 2 is 2.04 bits per heavy atom. The van der Waals surface area contributed by atoms with Gasteiger partial charge in [-0.1, -0.05) is 19.1 Å². The molecule has 1 fully saturated rings. The molecule has 1 aliphatic rings. The predicted octanol–water partition coefficient (Wildman–Crippen LogP) is 3.40. The molecule has 0 aliphatic carbocycles. The molecule has 1 aromatic rings. The van der Waals surface area contributed by atoms with Gasteiger partial charge < -0.3 is 15.0 Å². The Hall–Kier alpha value is -1.33. The number of nitrogens with one attached hydrogen (secondary N) is 1. The Kier molecular flexibility index (Phi) is 9.72. The highest BCUT2D eigenvalue weighted by Crippen LogP contribution is 2.17. The second-order valence-corrected chi connectivity index (χ2v) is 5.95. The van der Waals surface area contributed by atoms with Crippen LogP contribution in [0.2, 0.25) is 0 Å². The molecule has 4 nitrogen and oxygen atoms in total. The molecule has 1 N–H and O–H groups in total.